The minimum Gasteiger partial charge on any atom is -0.380 e. The largest absolute Gasteiger partial charge is 0.380 e. The molecule has 1 aromatic heterocycles. The van der Waals surface area contributed by atoms with Gasteiger partial charge in [0.05, 0.1) is 11.6 Å². The summed E-state index contributed by atoms with van der Waals surface area (Å²) in [4.78, 5) is 4.28. The van der Waals surface area contributed by atoms with E-state index in [1.165, 1.54) is 0 Å². The Kier molecular flexibility index (Phi) is 3.99. The molecule has 1 atom stereocenters. The van der Waals surface area contributed by atoms with Gasteiger partial charge >= 0.3 is 0 Å². The lowest BCUT2D eigenvalue weighted by molar-refractivity contribution is 0.205. The van der Waals surface area contributed by atoms with Crippen LogP contribution < -0.4 is 0 Å². The van der Waals surface area contributed by atoms with Crippen LogP contribution in [0.15, 0.2) is 67.0 Å². The van der Waals surface area contributed by atoms with Gasteiger partial charge in [0.1, 0.15) is 11.9 Å². The van der Waals surface area contributed by atoms with Crippen LogP contribution in [0, 0.1) is 11.3 Å². The van der Waals surface area contributed by atoms with E-state index >= 15 is 0 Å². The highest BCUT2D eigenvalue weighted by molar-refractivity contribution is 5.32. The highest BCUT2D eigenvalue weighted by Crippen LogP contribution is 2.21. The Morgan fingerprint density at radius 1 is 1.09 bits per heavy atom. The van der Waals surface area contributed by atoms with Gasteiger partial charge in [0, 0.05) is 18.9 Å². The van der Waals surface area contributed by atoms with Gasteiger partial charge in [-0.1, -0.05) is 42.5 Å². The van der Waals surface area contributed by atoms with Crippen LogP contribution in [0.5, 0.6) is 0 Å². The Bertz CT molecular complexity index is 785. The van der Waals surface area contributed by atoms with E-state index in [1.807, 2.05) is 53.2 Å². The smallest absolute Gasteiger partial charge is 0.142 e. The predicted octanol–water partition coefficient (Wildman–Crippen LogP) is 2.88. The molecule has 3 rings (SSSR count). The van der Waals surface area contributed by atoms with Crippen LogP contribution in [0.1, 0.15) is 28.6 Å². The molecule has 3 aromatic rings. The van der Waals surface area contributed by atoms with E-state index in [0.717, 1.165) is 11.1 Å². The number of nitriles is 1. The molecule has 0 aliphatic heterocycles. The molecule has 0 aliphatic rings. The van der Waals surface area contributed by atoms with Crippen molar-refractivity contribution >= 4 is 0 Å². The molecule has 0 spiro atoms. The lowest BCUT2D eigenvalue weighted by Gasteiger charge is -2.13. The second-order valence-corrected chi connectivity index (χ2v) is 5.04. The first kappa shape index (κ1) is 14.1. The van der Waals surface area contributed by atoms with Crippen molar-refractivity contribution in [2.24, 2.45) is 0 Å². The molecular formula is C18H15N3O. The van der Waals surface area contributed by atoms with Crippen LogP contribution in [0.2, 0.25) is 0 Å². The van der Waals surface area contributed by atoms with Crippen LogP contribution in [-0.4, -0.2) is 14.7 Å². The Morgan fingerprint density at radius 3 is 2.50 bits per heavy atom. The molecule has 2 aromatic carbocycles. The summed E-state index contributed by atoms with van der Waals surface area (Å²) in [5.41, 5.74) is 2.51. The molecule has 1 N–H and O–H groups in total. The Balaban J connectivity index is 1.84. The standard InChI is InChI=1S/C18H15N3O/c19-12-14-6-8-15(9-7-14)13-21-11-10-20-18(21)17(22)16-4-2-1-3-5-16/h1-11,17,22H,13H2. The van der Waals surface area contributed by atoms with E-state index in [0.29, 0.717) is 17.9 Å². The van der Waals surface area contributed by atoms with Crippen LogP contribution in [0.25, 0.3) is 0 Å². The molecule has 0 saturated heterocycles. The van der Waals surface area contributed by atoms with Crippen LogP contribution >= 0.6 is 0 Å². The second-order valence-electron chi connectivity index (χ2n) is 5.04. The zero-order chi connectivity index (χ0) is 15.4. The Morgan fingerprint density at radius 2 is 1.82 bits per heavy atom. The van der Waals surface area contributed by atoms with E-state index in [1.54, 1.807) is 18.3 Å². The highest BCUT2D eigenvalue weighted by Gasteiger charge is 2.15. The zero-order valence-corrected chi connectivity index (χ0v) is 11.9. The number of hydrogen-bond donors (Lipinski definition) is 1. The third-order valence-electron chi connectivity index (χ3n) is 3.54. The summed E-state index contributed by atoms with van der Waals surface area (Å²) < 4.78 is 1.92. The third kappa shape index (κ3) is 2.90. The maximum Gasteiger partial charge on any atom is 0.142 e. The topological polar surface area (TPSA) is 61.8 Å². The summed E-state index contributed by atoms with van der Waals surface area (Å²) in [6.07, 6.45) is 2.78. The van der Waals surface area contributed by atoms with Gasteiger partial charge in [-0.2, -0.15) is 5.26 Å². The quantitative estimate of drug-likeness (QED) is 0.803. The van der Waals surface area contributed by atoms with E-state index in [4.69, 9.17) is 5.26 Å². The minimum absolute atomic E-state index is 0.602. The fraction of sp³-hybridized carbons (Fsp3) is 0.111. The lowest BCUT2D eigenvalue weighted by Crippen LogP contribution is -2.10. The number of rotatable bonds is 4. The van der Waals surface area contributed by atoms with Crippen molar-refractivity contribution in [3.05, 3.63) is 89.5 Å². The molecular weight excluding hydrogens is 274 g/mol. The summed E-state index contributed by atoms with van der Waals surface area (Å²) in [6.45, 7) is 0.602. The Labute approximate surface area is 128 Å². The maximum absolute atomic E-state index is 10.5. The van der Waals surface area contributed by atoms with Crippen molar-refractivity contribution in [2.75, 3.05) is 0 Å². The fourth-order valence-electron chi connectivity index (χ4n) is 2.37. The normalized spacial score (nSPS) is 11.8. The number of aliphatic hydroxyl groups is 1. The summed E-state index contributed by atoms with van der Waals surface area (Å²) in [6, 6.07) is 19.0. The van der Waals surface area contributed by atoms with Gasteiger partial charge in [-0.25, -0.2) is 4.98 Å². The molecule has 4 nitrogen and oxygen atoms in total. The van der Waals surface area contributed by atoms with Gasteiger partial charge in [0.15, 0.2) is 0 Å². The van der Waals surface area contributed by atoms with Gasteiger partial charge in [-0.15, -0.1) is 0 Å². The number of nitrogens with zero attached hydrogens (tertiary/aromatic N) is 3. The molecule has 0 amide bonds. The first-order valence-corrected chi connectivity index (χ1v) is 7.01. The van der Waals surface area contributed by atoms with Gasteiger partial charge in [-0.05, 0) is 23.3 Å². The monoisotopic (exact) mass is 289 g/mol. The van der Waals surface area contributed by atoms with Gasteiger partial charge in [0.25, 0.3) is 0 Å². The average molecular weight is 289 g/mol. The SMILES string of the molecule is N#Cc1ccc(Cn2ccnc2C(O)c2ccccc2)cc1. The summed E-state index contributed by atoms with van der Waals surface area (Å²) in [5, 5.41) is 19.3. The molecule has 22 heavy (non-hydrogen) atoms. The molecule has 0 radical (unpaired) electrons. The Hall–Kier alpha value is -2.90. The molecule has 0 bridgehead atoms. The number of imidazole rings is 1. The van der Waals surface area contributed by atoms with Crippen molar-refractivity contribution in [1.82, 2.24) is 9.55 Å². The number of aromatic nitrogens is 2. The molecule has 4 heteroatoms. The second kappa shape index (κ2) is 6.25. The summed E-state index contributed by atoms with van der Waals surface area (Å²) in [5.74, 6) is 0.607. The number of hydrogen-bond acceptors (Lipinski definition) is 3. The fourth-order valence-corrected chi connectivity index (χ4v) is 2.37. The molecule has 0 fully saturated rings. The summed E-state index contributed by atoms with van der Waals surface area (Å²) >= 11 is 0. The first-order valence-electron chi connectivity index (χ1n) is 7.01. The lowest BCUT2D eigenvalue weighted by atomic mass is 10.1. The van der Waals surface area contributed by atoms with Crippen molar-refractivity contribution in [2.45, 2.75) is 12.6 Å². The molecule has 1 heterocycles. The van der Waals surface area contributed by atoms with E-state index in [-0.39, 0.29) is 0 Å². The molecule has 1 unspecified atom stereocenters. The number of aliphatic hydroxyl groups excluding tert-OH is 1. The predicted molar refractivity (Wildman–Crippen MR) is 83.0 cm³/mol. The molecule has 0 saturated carbocycles. The van der Waals surface area contributed by atoms with E-state index < -0.39 is 6.10 Å². The zero-order valence-electron chi connectivity index (χ0n) is 11.9. The minimum atomic E-state index is -0.755. The van der Waals surface area contributed by atoms with Crippen LogP contribution in [0.4, 0.5) is 0 Å². The molecule has 0 aliphatic carbocycles. The van der Waals surface area contributed by atoms with Gasteiger partial charge in [0.2, 0.25) is 0 Å². The van der Waals surface area contributed by atoms with Crippen molar-refractivity contribution in [3.8, 4) is 6.07 Å². The average Bonchev–Trinajstić information content (AvgIpc) is 3.04. The van der Waals surface area contributed by atoms with Gasteiger partial charge in [-0.3, -0.25) is 0 Å². The van der Waals surface area contributed by atoms with Gasteiger partial charge < -0.3 is 9.67 Å². The first-order chi connectivity index (χ1) is 10.8. The van der Waals surface area contributed by atoms with Crippen LogP contribution in [-0.2, 0) is 6.54 Å². The van der Waals surface area contributed by atoms with Crippen molar-refractivity contribution in [3.63, 3.8) is 0 Å². The number of benzene rings is 2. The van der Waals surface area contributed by atoms with Crippen molar-refractivity contribution < 1.29 is 5.11 Å². The maximum atomic E-state index is 10.5. The highest BCUT2D eigenvalue weighted by atomic mass is 16.3. The van der Waals surface area contributed by atoms with Crippen molar-refractivity contribution in [1.29, 1.82) is 5.26 Å². The van der Waals surface area contributed by atoms with E-state index in [2.05, 4.69) is 11.1 Å². The van der Waals surface area contributed by atoms with E-state index in [9.17, 15) is 5.11 Å². The molecule has 108 valence electrons. The van der Waals surface area contributed by atoms with Crippen LogP contribution in [0.3, 0.4) is 0 Å². The third-order valence-corrected chi connectivity index (χ3v) is 3.54. The summed E-state index contributed by atoms with van der Waals surface area (Å²) in [7, 11) is 0.